The molecule has 0 aliphatic rings. The second kappa shape index (κ2) is 11.6. The fourth-order valence-corrected chi connectivity index (χ4v) is 2.78. The topological polar surface area (TPSA) is 46.2 Å². The third-order valence-corrected chi connectivity index (χ3v) is 4.14. The highest BCUT2D eigenvalue weighted by Gasteiger charge is 2.02. The lowest BCUT2D eigenvalue weighted by molar-refractivity contribution is 0.472. The number of phenols is 1. The summed E-state index contributed by atoms with van der Waals surface area (Å²) in [5.41, 5.74) is 8.02. The van der Waals surface area contributed by atoms with Crippen LogP contribution in [0.25, 0.3) is 0 Å². The van der Waals surface area contributed by atoms with Gasteiger partial charge in [0.25, 0.3) is 0 Å². The van der Waals surface area contributed by atoms with E-state index < -0.39 is 0 Å². The van der Waals surface area contributed by atoms with Crippen molar-refractivity contribution in [3.05, 3.63) is 29.3 Å². The van der Waals surface area contributed by atoms with Gasteiger partial charge in [0.2, 0.25) is 0 Å². The first-order valence-corrected chi connectivity index (χ1v) is 8.70. The van der Waals surface area contributed by atoms with Crippen LogP contribution in [0.3, 0.4) is 0 Å². The van der Waals surface area contributed by atoms with E-state index >= 15 is 0 Å². The van der Waals surface area contributed by atoms with Gasteiger partial charge in [-0.3, -0.25) is 0 Å². The number of phenolic OH excluding ortho intramolecular Hbond substituents is 1. The molecule has 0 atom stereocenters. The van der Waals surface area contributed by atoms with Gasteiger partial charge in [-0.1, -0.05) is 64.7 Å². The van der Waals surface area contributed by atoms with Crippen LogP contribution in [0.4, 0.5) is 0 Å². The lowest BCUT2D eigenvalue weighted by Gasteiger charge is -2.08. The summed E-state index contributed by atoms with van der Waals surface area (Å²) in [6.07, 6.45) is 14.5. The Kier molecular flexibility index (Phi) is 9.98. The number of aromatic hydroxyl groups is 1. The predicted molar refractivity (Wildman–Crippen MR) is 90.4 cm³/mol. The zero-order chi connectivity index (χ0) is 15.3. The number of hydrogen-bond donors (Lipinski definition) is 2. The first-order valence-electron chi connectivity index (χ1n) is 8.70. The summed E-state index contributed by atoms with van der Waals surface area (Å²) in [6, 6.07) is 6.44. The average molecular weight is 290 g/mol. The van der Waals surface area contributed by atoms with E-state index in [4.69, 9.17) is 5.73 Å². The molecule has 0 aliphatic heterocycles. The Labute approximate surface area is 130 Å². The van der Waals surface area contributed by atoms with Crippen LogP contribution in [0.2, 0.25) is 0 Å². The molecular weight excluding hydrogens is 258 g/mol. The molecule has 0 bridgehead atoms. The minimum atomic E-state index is 0.231. The number of nitrogens with two attached hydrogens (primary N) is 1. The van der Waals surface area contributed by atoms with Gasteiger partial charge in [0.15, 0.2) is 0 Å². The van der Waals surface area contributed by atoms with Crippen LogP contribution in [0.1, 0.15) is 82.3 Å². The molecule has 2 heteroatoms. The highest BCUT2D eigenvalue weighted by Crippen LogP contribution is 2.19. The van der Waals surface area contributed by atoms with Crippen molar-refractivity contribution in [1.82, 2.24) is 0 Å². The van der Waals surface area contributed by atoms with Crippen molar-refractivity contribution in [2.45, 2.75) is 84.1 Å². The molecule has 0 fully saturated rings. The third-order valence-electron chi connectivity index (χ3n) is 4.14. The number of hydrogen-bond acceptors (Lipinski definition) is 2. The SMILES string of the molecule is CCCCCCCCCCCCc1cc(O)[c]cc1CN. The maximum Gasteiger partial charge on any atom is 0.123 e. The molecule has 2 nitrogen and oxygen atoms in total. The van der Waals surface area contributed by atoms with Gasteiger partial charge in [0.05, 0.1) is 0 Å². The van der Waals surface area contributed by atoms with Crippen LogP contribution in [0.15, 0.2) is 12.1 Å². The molecule has 0 heterocycles. The van der Waals surface area contributed by atoms with Crippen molar-refractivity contribution in [2.24, 2.45) is 5.73 Å². The largest absolute Gasteiger partial charge is 0.507 e. The molecule has 0 saturated carbocycles. The number of rotatable bonds is 12. The molecule has 1 radical (unpaired) electrons. The molecule has 0 spiro atoms. The van der Waals surface area contributed by atoms with E-state index in [1.807, 2.05) is 12.1 Å². The van der Waals surface area contributed by atoms with Crippen molar-refractivity contribution in [3.8, 4) is 5.75 Å². The van der Waals surface area contributed by atoms with Crippen LogP contribution in [0.5, 0.6) is 5.75 Å². The Morgan fingerprint density at radius 3 is 2.05 bits per heavy atom. The minimum Gasteiger partial charge on any atom is -0.507 e. The molecule has 0 aromatic heterocycles. The number of benzene rings is 1. The molecule has 0 unspecified atom stereocenters. The third kappa shape index (κ3) is 8.11. The molecule has 1 rings (SSSR count). The second-order valence-corrected chi connectivity index (χ2v) is 6.00. The zero-order valence-corrected chi connectivity index (χ0v) is 13.7. The van der Waals surface area contributed by atoms with Gasteiger partial charge in [-0.15, -0.1) is 0 Å². The van der Waals surface area contributed by atoms with Gasteiger partial charge in [-0.05, 0) is 36.1 Å². The van der Waals surface area contributed by atoms with E-state index in [9.17, 15) is 5.11 Å². The zero-order valence-electron chi connectivity index (χ0n) is 13.7. The Hall–Kier alpha value is -1.02. The van der Waals surface area contributed by atoms with Gasteiger partial charge in [-0.25, -0.2) is 0 Å². The van der Waals surface area contributed by atoms with Gasteiger partial charge in [0, 0.05) is 12.6 Å². The standard InChI is InChI=1S/C19H32NO/c1-2-3-4-5-6-7-8-9-10-11-12-17-15-19(21)14-13-18(17)16-20/h13,15,21H,2-12,16,20H2,1H3. The lowest BCUT2D eigenvalue weighted by Crippen LogP contribution is -2.01. The van der Waals surface area contributed by atoms with Crippen LogP contribution in [0, 0.1) is 6.07 Å². The summed E-state index contributed by atoms with van der Waals surface area (Å²) in [7, 11) is 0. The van der Waals surface area contributed by atoms with Crippen molar-refractivity contribution in [1.29, 1.82) is 0 Å². The lowest BCUT2D eigenvalue weighted by atomic mass is 9.99. The van der Waals surface area contributed by atoms with Crippen molar-refractivity contribution >= 4 is 0 Å². The first kappa shape index (κ1) is 18.0. The minimum absolute atomic E-state index is 0.231. The summed E-state index contributed by atoms with van der Waals surface area (Å²) in [6.45, 7) is 2.80. The van der Waals surface area contributed by atoms with Gasteiger partial charge in [0.1, 0.15) is 5.75 Å². The molecule has 1 aromatic rings. The van der Waals surface area contributed by atoms with E-state index in [1.54, 1.807) is 0 Å². The molecule has 0 aliphatic carbocycles. The maximum absolute atomic E-state index is 9.50. The summed E-state index contributed by atoms with van der Waals surface area (Å²) in [5, 5.41) is 9.50. The van der Waals surface area contributed by atoms with Gasteiger partial charge >= 0.3 is 0 Å². The van der Waals surface area contributed by atoms with E-state index in [1.165, 1.54) is 69.8 Å². The van der Waals surface area contributed by atoms with E-state index in [2.05, 4.69) is 13.0 Å². The molecule has 21 heavy (non-hydrogen) atoms. The van der Waals surface area contributed by atoms with E-state index in [0.29, 0.717) is 6.54 Å². The molecule has 3 N–H and O–H groups in total. The molecule has 0 saturated heterocycles. The summed E-state index contributed by atoms with van der Waals surface area (Å²) in [5.74, 6) is 0.231. The first-order chi connectivity index (χ1) is 10.3. The van der Waals surface area contributed by atoms with Crippen LogP contribution in [-0.4, -0.2) is 5.11 Å². The highest BCUT2D eigenvalue weighted by molar-refractivity contribution is 5.33. The molecular formula is C19H32NO. The number of unbranched alkanes of at least 4 members (excludes halogenated alkanes) is 9. The maximum atomic E-state index is 9.50. The fourth-order valence-electron chi connectivity index (χ4n) is 2.78. The summed E-state index contributed by atoms with van der Waals surface area (Å²) < 4.78 is 0. The van der Waals surface area contributed by atoms with Gasteiger partial charge in [-0.2, -0.15) is 0 Å². The average Bonchev–Trinajstić information content (AvgIpc) is 2.49. The monoisotopic (exact) mass is 290 g/mol. The van der Waals surface area contributed by atoms with Crippen molar-refractivity contribution < 1.29 is 5.11 Å². The Balaban J connectivity index is 2.05. The Morgan fingerprint density at radius 2 is 1.48 bits per heavy atom. The van der Waals surface area contributed by atoms with Gasteiger partial charge < -0.3 is 10.8 Å². The highest BCUT2D eigenvalue weighted by atomic mass is 16.3. The van der Waals surface area contributed by atoms with Crippen LogP contribution >= 0.6 is 0 Å². The predicted octanol–water partition coefficient (Wildman–Crippen LogP) is 5.11. The fraction of sp³-hybridized carbons (Fsp3) is 0.684. The Morgan fingerprint density at radius 1 is 0.905 bits per heavy atom. The van der Waals surface area contributed by atoms with Crippen molar-refractivity contribution in [2.75, 3.05) is 0 Å². The molecule has 1 aromatic carbocycles. The molecule has 119 valence electrons. The second-order valence-electron chi connectivity index (χ2n) is 6.00. The van der Waals surface area contributed by atoms with E-state index in [-0.39, 0.29) is 5.75 Å². The van der Waals surface area contributed by atoms with Crippen LogP contribution in [-0.2, 0) is 13.0 Å². The normalized spacial score (nSPS) is 11.0. The quantitative estimate of drug-likeness (QED) is 0.525. The summed E-state index contributed by atoms with van der Waals surface area (Å²) >= 11 is 0. The summed E-state index contributed by atoms with van der Waals surface area (Å²) in [4.78, 5) is 0. The van der Waals surface area contributed by atoms with Crippen molar-refractivity contribution in [3.63, 3.8) is 0 Å². The Bertz CT molecular complexity index is 376. The molecule has 0 amide bonds. The van der Waals surface area contributed by atoms with E-state index in [0.717, 1.165) is 12.0 Å². The smallest absolute Gasteiger partial charge is 0.123 e. The number of aryl methyl sites for hydroxylation is 1. The van der Waals surface area contributed by atoms with Crippen LogP contribution < -0.4 is 5.73 Å².